The summed E-state index contributed by atoms with van der Waals surface area (Å²) in [5.41, 5.74) is -0.151. The number of cyclic esters (lactones) is 1. The van der Waals surface area contributed by atoms with Crippen LogP contribution >= 0.6 is 0 Å². The van der Waals surface area contributed by atoms with Crippen molar-refractivity contribution in [1.82, 2.24) is 0 Å². The number of rotatable bonds is 2. The van der Waals surface area contributed by atoms with E-state index >= 15 is 0 Å². The highest BCUT2D eigenvalue weighted by atomic mass is 16.5. The molecule has 1 fully saturated rings. The molecule has 1 N–H and O–H groups in total. The number of hydrogen-bond donors (Lipinski definition) is 1. The fourth-order valence-electron chi connectivity index (χ4n) is 1.85. The summed E-state index contributed by atoms with van der Waals surface area (Å²) in [6.07, 6.45) is 4.05. The Balaban J connectivity index is 2.89. The van der Waals surface area contributed by atoms with E-state index < -0.39 is 17.5 Å². The van der Waals surface area contributed by atoms with Crippen molar-refractivity contribution < 1.29 is 19.4 Å². The van der Waals surface area contributed by atoms with Gasteiger partial charge in [0.1, 0.15) is 6.10 Å². The van der Waals surface area contributed by atoms with E-state index in [-0.39, 0.29) is 5.97 Å². The summed E-state index contributed by atoms with van der Waals surface area (Å²) in [4.78, 5) is 22.5. The van der Waals surface area contributed by atoms with Gasteiger partial charge in [-0.3, -0.25) is 4.79 Å². The number of esters is 1. The molecular weight excluding hydrogens is 220 g/mol. The SMILES string of the molecule is CC(C)(C)C(=CC1CCCCC(=O)O1)C(=O)O. The summed E-state index contributed by atoms with van der Waals surface area (Å²) in [7, 11) is 0. The zero-order valence-electron chi connectivity index (χ0n) is 10.7. The highest BCUT2D eigenvalue weighted by Gasteiger charge is 2.26. The van der Waals surface area contributed by atoms with E-state index in [1.54, 1.807) is 6.08 Å². The quantitative estimate of drug-likeness (QED) is 0.595. The lowest BCUT2D eigenvalue weighted by Gasteiger charge is -2.21. The molecule has 17 heavy (non-hydrogen) atoms. The third-order valence-electron chi connectivity index (χ3n) is 2.79. The molecule has 1 heterocycles. The minimum Gasteiger partial charge on any atom is -0.478 e. The number of ether oxygens (including phenoxy) is 1. The Morgan fingerprint density at radius 2 is 2.06 bits per heavy atom. The number of carbonyl (C=O) groups excluding carboxylic acids is 1. The molecule has 0 spiro atoms. The van der Waals surface area contributed by atoms with Gasteiger partial charge in [0.2, 0.25) is 0 Å². The summed E-state index contributed by atoms with van der Waals surface area (Å²) < 4.78 is 5.21. The normalized spacial score (nSPS) is 22.9. The maximum Gasteiger partial charge on any atom is 0.331 e. The molecule has 0 amide bonds. The lowest BCUT2D eigenvalue weighted by Crippen LogP contribution is -2.22. The lowest BCUT2D eigenvalue weighted by atomic mass is 9.85. The van der Waals surface area contributed by atoms with E-state index in [1.807, 2.05) is 20.8 Å². The first-order valence-electron chi connectivity index (χ1n) is 5.96. The number of aliphatic carboxylic acids is 1. The van der Waals surface area contributed by atoms with Gasteiger partial charge in [0.05, 0.1) is 0 Å². The van der Waals surface area contributed by atoms with Gasteiger partial charge >= 0.3 is 11.9 Å². The predicted octanol–water partition coefficient (Wildman–Crippen LogP) is 2.53. The molecule has 0 aromatic rings. The second kappa shape index (κ2) is 5.34. The minimum absolute atomic E-state index is 0.234. The van der Waals surface area contributed by atoms with Gasteiger partial charge in [-0.05, 0) is 30.8 Å². The van der Waals surface area contributed by atoms with Crippen LogP contribution in [0.3, 0.4) is 0 Å². The highest BCUT2D eigenvalue weighted by Crippen LogP contribution is 2.27. The number of carboxylic acids is 1. The fraction of sp³-hybridized carbons (Fsp3) is 0.692. The zero-order chi connectivity index (χ0) is 13.1. The monoisotopic (exact) mass is 240 g/mol. The van der Waals surface area contributed by atoms with Crippen molar-refractivity contribution in [2.75, 3.05) is 0 Å². The molecule has 1 aliphatic rings. The zero-order valence-corrected chi connectivity index (χ0v) is 10.7. The minimum atomic E-state index is -0.946. The van der Waals surface area contributed by atoms with Gasteiger partial charge in [-0.2, -0.15) is 0 Å². The van der Waals surface area contributed by atoms with Crippen LogP contribution in [0.5, 0.6) is 0 Å². The van der Waals surface area contributed by atoms with E-state index in [0.717, 1.165) is 12.8 Å². The summed E-state index contributed by atoms with van der Waals surface area (Å²) >= 11 is 0. The van der Waals surface area contributed by atoms with Crippen LogP contribution in [0.2, 0.25) is 0 Å². The molecule has 1 atom stereocenters. The van der Waals surface area contributed by atoms with Gasteiger partial charge in [-0.15, -0.1) is 0 Å². The van der Waals surface area contributed by atoms with Crippen molar-refractivity contribution in [3.05, 3.63) is 11.6 Å². The standard InChI is InChI=1S/C13H20O4/c1-13(2,3)10(12(15)16)8-9-6-4-5-7-11(14)17-9/h8-9H,4-7H2,1-3H3,(H,15,16). The molecule has 0 aliphatic carbocycles. The smallest absolute Gasteiger partial charge is 0.331 e. The maximum absolute atomic E-state index is 11.3. The van der Waals surface area contributed by atoms with Crippen molar-refractivity contribution in [2.24, 2.45) is 5.41 Å². The Labute approximate surface area is 102 Å². The third kappa shape index (κ3) is 4.21. The number of carboxylic acid groups (broad SMARTS) is 1. The fourth-order valence-corrected chi connectivity index (χ4v) is 1.85. The van der Waals surface area contributed by atoms with E-state index in [1.165, 1.54) is 0 Å². The van der Waals surface area contributed by atoms with Crippen molar-refractivity contribution in [3.8, 4) is 0 Å². The van der Waals surface area contributed by atoms with E-state index in [0.29, 0.717) is 18.4 Å². The lowest BCUT2D eigenvalue weighted by molar-refractivity contribution is -0.146. The number of hydrogen-bond acceptors (Lipinski definition) is 3. The molecule has 4 nitrogen and oxygen atoms in total. The van der Waals surface area contributed by atoms with E-state index in [9.17, 15) is 9.59 Å². The van der Waals surface area contributed by atoms with Gasteiger partial charge < -0.3 is 9.84 Å². The molecule has 0 aromatic heterocycles. The van der Waals surface area contributed by atoms with Gasteiger partial charge in [0, 0.05) is 12.0 Å². The first-order valence-corrected chi connectivity index (χ1v) is 5.96. The van der Waals surface area contributed by atoms with E-state index in [2.05, 4.69) is 0 Å². The Kier molecular flexibility index (Phi) is 4.32. The van der Waals surface area contributed by atoms with Gasteiger partial charge in [0.25, 0.3) is 0 Å². The van der Waals surface area contributed by atoms with Crippen LogP contribution in [0.4, 0.5) is 0 Å². The second-order valence-corrected chi connectivity index (χ2v) is 5.41. The molecule has 4 heteroatoms. The Bertz CT molecular complexity index is 336. The van der Waals surface area contributed by atoms with Gasteiger partial charge in [-0.25, -0.2) is 4.79 Å². The van der Waals surface area contributed by atoms with E-state index in [4.69, 9.17) is 9.84 Å². The van der Waals surface area contributed by atoms with Crippen LogP contribution in [-0.2, 0) is 14.3 Å². The predicted molar refractivity (Wildman–Crippen MR) is 63.5 cm³/mol. The molecule has 1 aliphatic heterocycles. The molecule has 1 saturated heterocycles. The summed E-state index contributed by atoms with van der Waals surface area (Å²) in [6.45, 7) is 5.52. The van der Waals surface area contributed by atoms with Gasteiger partial charge in [-0.1, -0.05) is 20.8 Å². The number of carbonyl (C=O) groups is 2. The molecule has 1 rings (SSSR count). The Morgan fingerprint density at radius 3 is 2.59 bits per heavy atom. The average Bonchev–Trinajstić information content (AvgIpc) is 2.36. The van der Waals surface area contributed by atoms with Crippen LogP contribution in [0.1, 0.15) is 46.5 Å². The van der Waals surface area contributed by atoms with Crippen molar-refractivity contribution in [2.45, 2.75) is 52.6 Å². The average molecular weight is 240 g/mol. The summed E-state index contributed by atoms with van der Waals surface area (Å²) in [5, 5.41) is 9.17. The molecule has 0 aromatic carbocycles. The van der Waals surface area contributed by atoms with Crippen molar-refractivity contribution >= 4 is 11.9 Å². The van der Waals surface area contributed by atoms with Crippen LogP contribution in [0, 0.1) is 5.41 Å². The Hall–Kier alpha value is -1.32. The Morgan fingerprint density at radius 1 is 1.41 bits per heavy atom. The van der Waals surface area contributed by atoms with Gasteiger partial charge in [0.15, 0.2) is 0 Å². The summed E-state index contributed by atoms with van der Waals surface area (Å²) in [5.74, 6) is -1.18. The van der Waals surface area contributed by atoms with Crippen LogP contribution in [0.15, 0.2) is 11.6 Å². The molecule has 1 unspecified atom stereocenters. The van der Waals surface area contributed by atoms with Crippen molar-refractivity contribution in [3.63, 3.8) is 0 Å². The first-order chi connectivity index (χ1) is 7.80. The highest BCUT2D eigenvalue weighted by molar-refractivity contribution is 5.88. The van der Waals surface area contributed by atoms with Crippen LogP contribution in [0.25, 0.3) is 0 Å². The third-order valence-corrected chi connectivity index (χ3v) is 2.79. The molecule has 0 saturated carbocycles. The molecule has 96 valence electrons. The summed E-state index contributed by atoms with van der Waals surface area (Å²) in [6, 6.07) is 0. The van der Waals surface area contributed by atoms with Crippen molar-refractivity contribution in [1.29, 1.82) is 0 Å². The molecular formula is C13H20O4. The van der Waals surface area contributed by atoms with Crippen LogP contribution < -0.4 is 0 Å². The molecule has 0 radical (unpaired) electrons. The second-order valence-electron chi connectivity index (χ2n) is 5.41. The van der Waals surface area contributed by atoms with Crippen LogP contribution in [-0.4, -0.2) is 23.1 Å². The molecule has 0 bridgehead atoms. The largest absolute Gasteiger partial charge is 0.478 e. The topological polar surface area (TPSA) is 63.6 Å². The first kappa shape index (κ1) is 13.7. The maximum atomic E-state index is 11.3.